The number of ether oxygens (including phenoxy) is 2. The summed E-state index contributed by atoms with van der Waals surface area (Å²) in [5, 5.41) is 5.40. The first kappa shape index (κ1) is 19.3. The Morgan fingerprint density at radius 3 is 2.03 bits per heavy atom. The molecule has 0 fully saturated rings. The van der Waals surface area contributed by atoms with Gasteiger partial charge in [-0.15, -0.1) is 0 Å². The highest BCUT2D eigenvalue weighted by molar-refractivity contribution is 7.74. The predicted octanol–water partition coefficient (Wildman–Crippen LogP) is 4.30. The number of aryl methyl sites for hydroxylation is 1. The summed E-state index contributed by atoms with van der Waals surface area (Å²) in [6.45, 7) is 0. The van der Waals surface area contributed by atoms with Gasteiger partial charge in [0.15, 0.2) is 0 Å². The Morgan fingerprint density at radius 1 is 0.793 bits per heavy atom. The zero-order valence-corrected chi connectivity index (χ0v) is 17.3. The SMILES string of the molecule is COc1cccc(P(=O)(O/N=C2\CCc3ccccc32)c2cccc(OC)c2)c1. The summed E-state index contributed by atoms with van der Waals surface area (Å²) in [6, 6.07) is 22.3. The van der Waals surface area contributed by atoms with Crippen molar-refractivity contribution in [2.45, 2.75) is 12.8 Å². The van der Waals surface area contributed by atoms with Crippen LogP contribution in [0, 0.1) is 0 Å². The Balaban J connectivity index is 1.78. The molecule has 0 atom stereocenters. The van der Waals surface area contributed by atoms with Crippen LogP contribution in [0.3, 0.4) is 0 Å². The second kappa shape index (κ2) is 8.14. The van der Waals surface area contributed by atoms with E-state index in [1.54, 1.807) is 62.8 Å². The first-order valence-corrected chi connectivity index (χ1v) is 11.0. The quantitative estimate of drug-likeness (QED) is 0.452. The van der Waals surface area contributed by atoms with Crippen LogP contribution in [0.15, 0.2) is 78.0 Å². The Hall–Kier alpha value is -3.04. The van der Waals surface area contributed by atoms with Gasteiger partial charge in [0.1, 0.15) is 11.5 Å². The van der Waals surface area contributed by atoms with Crippen molar-refractivity contribution >= 4 is 23.7 Å². The molecule has 0 radical (unpaired) electrons. The number of hydrogen-bond donors (Lipinski definition) is 0. The molecule has 6 heteroatoms. The molecule has 3 aromatic rings. The van der Waals surface area contributed by atoms with Crippen molar-refractivity contribution in [2.75, 3.05) is 14.2 Å². The third kappa shape index (κ3) is 3.79. The van der Waals surface area contributed by atoms with Gasteiger partial charge in [0.25, 0.3) is 0 Å². The summed E-state index contributed by atoms with van der Waals surface area (Å²) in [6.07, 6.45) is 1.66. The van der Waals surface area contributed by atoms with Gasteiger partial charge in [0, 0.05) is 5.56 Å². The van der Waals surface area contributed by atoms with E-state index in [0.717, 1.165) is 24.1 Å². The van der Waals surface area contributed by atoms with Crippen LogP contribution in [0.25, 0.3) is 0 Å². The van der Waals surface area contributed by atoms with Crippen molar-refractivity contribution in [3.8, 4) is 11.5 Å². The van der Waals surface area contributed by atoms with Gasteiger partial charge >= 0.3 is 7.37 Å². The summed E-state index contributed by atoms with van der Waals surface area (Å²) in [4.78, 5) is 0. The minimum Gasteiger partial charge on any atom is -0.497 e. The monoisotopic (exact) mass is 407 g/mol. The Morgan fingerprint density at radius 2 is 1.41 bits per heavy atom. The lowest BCUT2D eigenvalue weighted by molar-refractivity contribution is 0.348. The van der Waals surface area contributed by atoms with E-state index in [-0.39, 0.29) is 0 Å². The van der Waals surface area contributed by atoms with Crippen molar-refractivity contribution in [3.63, 3.8) is 0 Å². The topological polar surface area (TPSA) is 57.1 Å². The van der Waals surface area contributed by atoms with Crippen molar-refractivity contribution in [2.24, 2.45) is 5.16 Å². The molecular formula is C23H22NO4P. The van der Waals surface area contributed by atoms with Crippen molar-refractivity contribution in [1.29, 1.82) is 0 Å². The molecule has 4 rings (SSSR count). The van der Waals surface area contributed by atoms with Gasteiger partial charge in [-0.05, 0) is 54.8 Å². The Labute approximate surface area is 170 Å². The molecule has 1 aliphatic rings. The number of oxime groups is 1. The molecule has 0 saturated heterocycles. The standard InChI is InChI=1S/C23H22NO4P/c1-26-18-8-5-10-20(15-18)29(25,21-11-6-9-19(16-21)27-2)28-24-23-14-13-17-7-3-4-12-22(17)23/h3-12,15-16H,13-14H2,1-2H3/b24-23+. The molecule has 0 amide bonds. The molecule has 0 heterocycles. The summed E-state index contributed by atoms with van der Waals surface area (Å²) in [7, 11) is -0.365. The maximum absolute atomic E-state index is 14.2. The van der Waals surface area contributed by atoms with Crippen LogP contribution in [0.2, 0.25) is 0 Å². The van der Waals surface area contributed by atoms with E-state index in [2.05, 4.69) is 11.2 Å². The fourth-order valence-corrected chi connectivity index (χ4v) is 5.30. The maximum Gasteiger partial charge on any atom is 0.330 e. The van der Waals surface area contributed by atoms with Gasteiger partial charge < -0.3 is 14.1 Å². The lowest BCUT2D eigenvalue weighted by Gasteiger charge is -2.18. The highest BCUT2D eigenvalue weighted by atomic mass is 31.2. The average molecular weight is 407 g/mol. The first-order valence-electron chi connectivity index (χ1n) is 9.37. The first-order chi connectivity index (χ1) is 14.1. The highest BCUT2D eigenvalue weighted by Crippen LogP contribution is 2.46. The largest absolute Gasteiger partial charge is 0.497 e. The van der Waals surface area contributed by atoms with Crippen LogP contribution in [0.1, 0.15) is 17.5 Å². The van der Waals surface area contributed by atoms with Gasteiger partial charge in [-0.25, -0.2) is 0 Å². The summed E-state index contributed by atoms with van der Waals surface area (Å²) in [5.74, 6) is 1.21. The molecule has 0 unspecified atom stereocenters. The zero-order valence-electron chi connectivity index (χ0n) is 16.4. The summed E-state index contributed by atoms with van der Waals surface area (Å²) < 4.78 is 30.7. The van der Waals surface area contributed by atoms with E-state index in [1.807, 2.05) is 18.2 Å². The normalized spacial score (nSPS) is 14.5. The molecular weight excluding hydrogens is 385 g/mol. The minimum atomic E-state index is -3.52. The molecule has 0 N–H and O–H groups in total. The van der Waals surface area contributed by atoms with Crippen LogP contribution < -0.4 is 20.1 Å². The van der Waals surface area contributed by atoms with Crippen LogP contribution in [-0.2, 0) is 15.6 Å². The lowest BCUT2D eigenvalue weighted by atomic mass is 10.1. The van der Waals surface area contributed by atoms with Crippen molar-refractivity contribution < 1.29 is 18.7 Å². The van der Waals surface area contributed by atoms with Crippen molar-refractivity contribution in [1.82, 2.24) is 0 Å². The molecule has 0 aromatic heterocycles. The van der Waals surface area contributed by atoms with Gasteiger partial charge in [-0.1, -0.05) is 41.6 Å². The Kier molecular flexibility index (Phi) is 5.41. The smallest absolute Gasteiger partial charge is 0.330 e. The molecule has 1 aliphatic carbocycles. The second-order valence-electron chi connectivity index (χ2n) is 6.73. The van der Waals surface area contributed by atoms with Gasteiger partial charge in [-0.2, -0.15) is 0 Å². The van der Waals surface area contributed by atoms with E-state index in [1.165, 1.54) is 5.56 Å². The predicted molar refractivity (Wildman–Crippen MR) is 115 cm³/mol. The number of nitrogens with zero attached hydrogens (tertiary/aromatic N) is 1. The maximum atomic E-state index is 14.2. The number of benzene rings is 3. The van der Waals surface area contributed by atoms with E-state index in [9.17, 15) is 4.57 Å². The number of methoxy groups -OCH3 is 2. The molecule has 148 valence electrons. The van der Waals surface area contributed by atoms with E-state index >= 15 is 0 Å². The lowest BCUT2D eigenvalue weighted by Crippen LogP contribution is -2.18. The number of rotatable bonds is 6. The van der Waals surface area contributed by atoms with Crippen LogP contribution in [0.4, 0.5) is 0 Å². The molecule has 29 heavy (non-hydrogen) atoms. The highest BCUT2D eigenvalue weighted by Gasteiger charge is 2.32. The average Bonchev–Trinajstić information content (AvgIpc) is 3.20. The molecule has 3 aromatic carbocycles. The van der Waals surface area contributed by atoms with Gasteiger partial charge in [0.05, 0.1) is 30.5 Å². The molecule has 0 spiro atoms. The van der Waals surface area contributed by atoms with E-state index < -0.39 is 7.37 Å². The van der Waals surface area contributed by atoms with Gasteiger partial charge in [-0.3, -0.25) is 4.57 Å². The number of fused-ring (bicyclic) bond motifs is 1. The molecule has 0 bridgehead atoms. The Bertz CT molecular complexity index is 1060. The number of hydrogen-bond acceptors (Lipinski definition) is 5. The summed E-state index contributed by atoms with van der Waals surface area (Å²) in [5.41, 5.74) is 3.09. The molecule has 0 saturated carbocycles. The zero-order chi connectivity index (χ0) is 20.3. The third-order valence-corrected chi connectivity index (χ3v) is 7.24. The van der Waals surface area contributed by atoms with Crippen LogP contribution >= 0.6 is 7.37 Å². The fourth-order valence-electron chi connectivity index (χ4n) is 3.44. The fraction of sp³-hybridized carbons (Fsp3) is 0.174. The second-order valence-corrected chi connectivity index (χ2v) is 9.03. The van der Waals surface area contributed by atoms with Crippen LogP contribution in [-0.4, -0.2) is 19.9 Å². The van der Waals surface area contributed by atoms with E-state index in [4.69, 9.17) is 14.1 Å². The molecule has 0 aliphatic heterocycles. The summed E-state index contributed by atoms with van der Waals surface area (Å²) >= 11 is 0. The third-order valence-electron chi connectivity index (χ3n) is 5.01. The van der Waals surface area contributed by atoms with Crippen LogP contribution in [0.5, 0.6) is 11.5 Å². The minimum absolute atomic E-state index is 0.515. The molecule has 5 nitrogen and oxygen atoms in total. The van der Waals surface area contributed by atoms with E-state index in [0.29, 0.717) is 22.1 Å². The van der Waals surface area contributed by atoms with Crippen molar-refractivity contribution in [3.05, 3.63) is 83.9 Å². The van der Waals surface area contributed by atoms with Gasteiger partial charge in [0.2, 0.25) is 0 Å².